The van der Waals surface area contributed by atoms with Crippen LogP contribution in [0.1, 0.15) is 0 Å². The fourth-order valence-corrected chi connectivity index (χ4v) is 0.615. The third-order valence-corrected chi connectivity index (χ3v) is 1.17. The molecule has 0 heterocycles. The molecule has 0 saturated heterocycles. The van der Waals surface area contributed by atoms with E-state index in [1.165, 1.54) is 4.90 Å². The predicted octanol–water partition coefficient (Wildman–Crippen LogP) is 0.142. The van der Waals surface area contributed by atoms with E-state index < -0.39 is 5.38 Å². The van der Waals surface area contributed by atoms with Crippen molar-refractivity contribution < 1.29 is 10.0 Å². The lowest BCUT2D eigenvalue weighted by Gasteiger charge is -2.10. The summed E-state index contributed by atoms with van der Waals surface area (Å²) in [6, 6.07) is 0. The Bertz CT molecular complexity index is 147. The van der Waals surface area contributed by atoms with Gasteiger partial charge >= 0.3 is 0 Å². The zero-order valence-electron chi connectivity index (χ0n) is 5.78. The maximum Gasteiger partial charge on any atom is 0.245 e. The van der Waals surface area contributed by atoms with E-state index in [1.54, 1.807) is 14.1 Å². The van der Waals surface area contributed by atoms with E-state index >= 15 is 0 Å². The smallest absolute Gasteiger partial charge is 0.245 e. The number of oxime groups is 1. The van der Waals surface area contributed by atoms with Crippen LogP contribution in [0.3, 0.4) is 0 Å². The molecule has 5 heteroatoms. The summed E-state index contributed by atoms with van der Waals surface area (Å²) in [5.74, 6) is -0.306. The van der Waals surface area contributed by atoms with Gasteiger partial charge in [-0.2, -0.15) is 0 Å². The summed E-state index contributed by atoms with van der Waals surface area (Å²) in [5.41, 5.74) is 0. The summed E-state index contributed by atoms with van der Waals surface area (Å²) in [5, 5.41) is 9.74. The average molecular weight is 165 g/mol. The maximum absolute atomic E-state index is 10.8. The highest BCUT2D eigenvalue weighted by molar-refractivity contribution is 6.38. The largest absolute Gasteiger partial charge is 0.411 e. The molecule has 0 spiro atoms. The molecule has 0 aromatic heterocycles. The third kappa shape index (κ3) is 2.68. The van der Waals surface area contributed by atoms with E-state index in [4.69, 9.17) is 16.8 Å². The molecule has 0 saturated carbocycles. The van der Waals surface area contributed by atoms with Gasteiger partial charge in [-0.1, -0.05) is 5.16 Å². The number of carbonyl (C=O) groups is 1. The van der Waals surface area contributed by atoms with Crippen LogP contribution in [0, 0.1) is 0 Å². The first-order valence-corrected chi connectivity index (χ1v) is 3.06. The number of amides is 1. The molecule has 0 fully saturated rings. The van der Waals surface area contributed by atoms with Crippen molar-refractivity contribution in [1.82, 2.24) is 4.90 Å². The Kier molecular flexibility index (Phi) is 3.79. The molecular weight excluding hydrogens is 156 g/mol. The van der Waals surface area contributed by atoms with Crippen LogP contribution in [-0.4, -0.2) is 41.7 Å². The van der Waals surface area contributed by atoms with Crippen LogP contribution in [0.5, 0.6) is 0 Å². The molecule has 0 aliphatic rings. The van der Waals surface area contributed by atoms with Crippen LogP contribution < -0.4 is 0 Å². The van der Waals surface area contributed by atoms with Crippen molar-refractivity contribution in [2.75, 3.05) is 14.1 Å². The van der Waals surface area contributed by atoms with Gasteiger partial charge in [0.15, 0.2) is 5.38 Å². The number of hydrogen-bond donors (Lipinski definition) is 1. The second kappa shape index (κ2) is 4.11. The summed E-state index contributed by atoms with van der Waals surface area (Å²) in [7, 11) is 3.14. The van der Waals surface area contributed by atoms with Gasteiger partial charge in [-0.15, -0.1) is 11.6 Å². The van der Waals surface area contributed by atoms with Crippen molar-refractivity contribution in [3.63, 3.8) is 0 Å². The molecule has 1 atom stereocenters. The molecular formula is C5H9ClN2O2. The van der Waals surface area contributed by atoms with Gasteiger partial charge in [-0.3, -0.25) is 4.79 Å². The first kappa shape index (κ1) is 9.23. The molecule has 4 nitrogen and oxygen atoms in total. The Hall–Kier alpha value is -0.770. The molecule has 1 unspecified atom stereocenters. The number of hydrogen-bond acceptors (Lipinski definition) is 3. The molecule has 0 rings (SSSR count). The topological polar surface area (TPSA) is 52.9 Å². The Balaban J connectivity index is 3.95. The number of rotatable bonds is 2. The van der Waals surface area contributed by atoms with Crippen LogP contribution in [0.2, 0.25) is 0 Å². The average Bonchev–Trinajstić information content (AvgIpc) is 1.87. The first-order valence-electron chi connectivity index (χ1n) is 2.62. The van der Waals surface area contributed by atoms with Crippen LogP contribution >= 0.6 is 11.6 Å². The van der Waals surface area contributed by atoms with Gasteiger partial charge in [0.1, 0.15) is 0 Å². The molecule has 0 aliphatic heterocycles. The second-order valence-corrected chi connectivity index (χ2v) is 2.37. The SMILES string of the molecule is CN(C)C(=O)C(Cl)/C=N\O. The molecule has 1 amide bonds. The molecule has 10 heavy (non-hydrogen) atoms. The van der Waals surface area contributed by atoms with E-state index in [9.17, 15) is 4.79 Å². The Morgan fingerprint density at radius 1 is 1.80 bits per heavy atom. The summed E-state index contributed by atoms with van der Waals surface area (Å²) in [6.07, 6.45) is 0.962. The number of carbonyl (C=O) groups excluding carboxylic acids is 1. The lowest BCUT2D eigenvalue weighted by Crippen LogP contribution is -2.30. The van der Waals surface area contributed by atoms with Gasteiger partial charge in [-0.25, -0.2) is 0 Å². The fraction of sp³-hybridized carbons (Fsp3) is 0.600. The third-order valence-electron chi connectivity index (χ3n) is 0.874. The first-order chi connectivity index (χ1) is 4.59. The minimum Gasteiger partial charge on any atom is -0.411 e. The highest BCUT2D eigenvalue weighted by atomic mass is 35.5. The van der Waals surface area contributed by atoms with E-state index in [2.05, 4.69) is 5.16 Å². The van der Waals surface area contributed by atoms with Crippen molar-refractivity contribution in [1.29, 1.82) is 0 Å². The maximum atomic E-state index is 10.8. The summed E-state index contributed by atoms with van der Waals surface area (Å²) < 4.78 is 0. The molecule has 1 N–H and O–H groups in total. The van der Waals surface area contributed by atoms with Gasteiger partial charge in [-0.05, 0) is 0 Å². The van der Waals surface area contributed by atoms with E-state index in [0.29, 0.717) is 0 Å². The molecule has 0 bridgehead atoms. The Labute approximate surface area is 64.1 Å². The lowest BCUT2D eigenvalue weighted by molar-refractivity contribution is -0.127. The quantitative estimate of drug-likeness (QED) is 0.273. The molecule has 0 aliphatic carbocycles. The van der Waals surface area contributed by atoms with E-state index in [0.717, 1.165) is 6.21 Å². The Morgan fingerprint density at radius 2 is 2.30 bits per heavy atom. The summed E-state index contributed by atoms with van der Waals surface area (Å²) in [6.45, 7) is 0. The summed E-state index contributed by atoms with van der Waals surface area (Å²) in [4.78, 5) is 12.1. The van der Waals surface area contributed by atoms with Crippen LogP contribution in [-0.2, 0) is 4.79 Å². The van der Waals surface area contributed by atoms with Gasteiger partial charge in [0.25, 0.3) is 0 Å². The zero-order chi connectivity index (χ0) is 8.15. The monoisotopic (exact) mass is 164 g/mol. The molecule has 0 aromatic rings. The summed E-state index contributed by atoms with van der Waals surface area (Å²) >= 11 is 5.43. The van der Waals surface area contributed by atoms with E-state index in [1.807, 2.05) is 0 Å². The molecule has 0 aromatic carbocycles. The van der Waals surface area contributed by atoms with Crippen molar-refractivity contribution >= 4 is 23.7 Å². The number of alkyl halides is 1. The second-order valence-electron chi connectivity index (χ2n) is 1.90. The van der Waals surface area contributed by atoms with Gasteiger partial charge in [0.05, 0.1) is 6.21 Å². The highest BCUT2D eigenvalue weighted by Gasteiger charge is 2.14. The van der Waals surface area contributed by atoms with Gasteiger partial charge < -0.3 is 10.1 Å². The predicted molar refractivity (Wildman–Crippen MR) is 38.6 cm³/mol. The fourth-order valence-electron chi connectivity index (χ4n) is 0.369. The van der Waals surface area contributed by atoms with Crippen LogP contribution in [0.4, 0.5) is 0 Å². The van der Waals surface area contributed by atoms with Gasteiger partial charge in [0, 0.05) is 14.1 Å². The minimum absolute atomic E-state index is 0.306. The molecule has 0 radical (unpaired) electrons. The van der Waals surface area contributed by atoms with Crippen molar-refractivity contribution in [3.8, 4) is 0 Å². The van der Waals surface area contributed by atoms with E-state index in [-0.39, 0.29) is 5.91 Å². The van der Waals surface area contributed by atoms with Crippen LogP contribution in [0.25, 0.3) is 0 Å². The van der Waals surface area contributed by atoms with Crippen LogP contribution in [0.15, 0.2) is 5.16 Å². The Morgan fingerprint density at radius 3 is 2.60 bits per heavy atom. The normalized spacial score (nSPS) is 13.5. The number of nitrogens with zero attached hydrogens (tertiary/aromatic N) is 2. The minimum atomic E-state index is -0.875. The lowest BCUT2D eigenvalue weighted by atomic mass is 10.4. The molecule has 58 valence electrons. The number of halogens is 1. The standard InChI is InChI=1S/C5H9ClN2O2/c1-8(2)5(9)4(6)3-7-10/h3-4,10H,1-2H3/b7-3-. The zero-order valence-corrected chi connectivity index (χ0v) is 6.54. The highest BCUT2D eigenvalue weighted by Crippen LogP contribution is 1.95. The van der Waals surface area contributed by atoms with Crippen molar-refractivity contribution in [3.05, 3.63) is 0 Å². The van der Waals surface area contributed by atoms with Crippen molar-refractivity contribution in [2.24, 2.45) is 5.16 Å². The van der Waals surface area contributed by atoms with Crippen molar-refractivity contribution in [2.45, 2.75) is 5.38 Å². The van der Waals surface area contributed by atoms with Gasteiger partial charge in [0.2, 0.25) is 5.91 Å².